The lowest BCUT2D eigenvalue weighted by Gasteiger charge is -2.04. The molecule has 0 saturated heterocycles. The van der Waals surface area contributed by atoms with E-state index in [9.17, 15) is 8.78 Å². The highest BCUT2D eigenvalue weighted by Gasteiger charge is 2.14. The van der Waals surface area contributed by atoms with Crippen molar-refractivity contribution in [1.29, 1.82) is 0 Å². The van der Waals surface area contributed by atoms with Crippen molar-refractivity contribution in [3.05, 3.63) is 35.0 Å². The molecule has 1 aromatic heterocycles. The molecule has 2 rings (SSSR count). The Labute approximate surface area is 95.5 Å². The quantitative estimate of drug-likeness (QED) is 0.837. The molecule has 1 aromatic carbocycles. The number of anilines is 1. The third-order valence-corrected chi connectivity index (χ3v) is 2.54. The van der Waals surface area contributed by atoms with Gasteiger partial charge < -0.3 is 10.3 Å². The second-order valence-electron chi connectivity index (χ2n) is 3.30. The van der Waals surface area contributed by atoms with Crippen LogP contribution >= 0.6 is 11.6 Å². The standard InChI is InChI=1S/C10H8ClF2N3/c1-16-8(9(11)15-10(16)14)5-2-3-6(12)7(13)4-5/h2-4H,1H3,(H2,14,15). The fraction of sp³-hybridized carbons (Fsp3) is 0.100. The van der Waals surface area contributed by atoms with Crippen LogP contribution in [-0.2, 0) is 7.05 Å². The lowest BCUT2D eigenvalue weighted by molar-refractivity contribution is 0.509. The summed E-state index contributed by atoms with van der Waals surface area (Å²) in [6.07, 6.45) is 0. The number of hydrogen-bond donors (Lipinski definition) is 1. The minimum Gasteiger partial charge on any atom is -0.369 e. The van der Waals surface area contributed by atoms with Gasteiger partial charge in [-0.3, -0.25) is 0 Å². The van der Waals surface area contributed by atoms with Crippen molar-refractivity contribution in [1.82, 2.24) is 9.55 Å². The van der Waals surface area contributed by atoms with Gasteiger partial charge in [0.2, 0.25) is 5.95 Å². The Morgan fingerprint density at radius 2 is 2.00 bits per heavy atom. The second kappa shape index (κ2) is 3.75. The zero-order valence-electron chi connectivity index (χ0n) is 8.34. The van der Waals surface area contributed by atoms with Crippen LogP contribution in [0.3, 0.4) is 0 Å². The van der Waals surface area contributed by atoms with E-state index < -0.39 is 11.6 Å². The first-order chi connectivity index (χ1) is 7.50. The zero-order chi connectivity index (χ0) is 11.9. The van der Waals surface area contributed by atoms with Gasteiger partial charge in [0.15, 0.2) is 16.8 Å². The first kappa shape index (κ1) is 10.9. The average molecular weight is 244 g/mol. The largest absolute Gasteiger partial charge is 0.369 e. The Hall–Kier alpha value is -1.62. The number of rotatable bonds is 1. The summed E-state index contributed by atoms with van der Waals surface area (Å²) in [6.45, 7) is 0. The Morgan fingerprint density at radius 3 is 2.50 bits per heavy atom. The van der Waals surface area contributed by atoms with Crippen LogP contribution in [0.5, 0.6) is 0 Å². The lowest BCUT2D eigenvalue weighted by Crippen LogP contribution is -1.99. The number of aromatic nitrogens is 2. The van der Waals surface area contributed by atoms with Crippen molar-refractivity contribution < 1.29 is 8.78 Å². The fourth-order valence-electron chi connectivity index (χ4n) is 1.44. The Balaban J connectivity index is 2.63. The molecule has 16 heavy (non-hydrogen) atoms. The van der Waals surface area contributed by atoms with Crippen LogP contribution in [-0.4, -0.2) is 9.55 Å². The molecule has 3 nitrogen and oxygen atoms in total. The van der Waals surface area contributed by atoms with Crippen LogP contribution in [0.1, 0.15) is 0 Å². The monoisotopic (exact) mass is 243 g/mol. The minimum absolute atomic E-state index is 0.158. The van der Waals surface area contributed by atoms with Gasteiger partial charge in [-0.25, -0.2) is 13.8 Å². The molecule has 0 saturated carbocycles. The summed E-state index contributed by atoms with van der Waals surface area (Å²) in [5.74, 6) is -1.63. The molecule has 0 aliphatic rings. The highest BCUT2D eigenvalue weighted by atomic mass is 35.5. The molecule has 0 aliphatic heterocycles. The van der Waals surface area contributed by atoms with Crippen molar-refractivity contribution in [3.63, 3.8) is 0 Å². The lowest BCUT2D eigenvalue weighted by atomic mass is 10.1. The molecule has 0 radical (unpaired) electrons. The van der Waals surface area contributed by atoms with E-state index in [1.807, 2.05) is 0 Å². The van der Waals surface area contributed by atoms with Gasteiger partial charge in [-0.1, -0.05) is 11.6 Å². The van der Waals surface area contributed by atoms with E-state index in [1.54, 1.807) is 7.05 Å². The molecule has 0 spiro atoms. The summed E-state index contributed by atoms with van der Waals surface area (Å²) in [6, 6.07) is 3.50. The molecule has 0 fully saturated rings. The van der Waals surface area contributed by atoms with Gasteiger partial charge in [0.25, 0.3) is 0 Å². The number of imidazole rings is 1. The molecular formula is C10H8ClF2N3. The number of halogens is 3. The summed E-state index contributed by atoms with van der Waals surface area (Å²) in [7, 11) is 1.64. The first-order valence-corrected chi connectivity index (χ1v) is 4.81. The highest BCUT2D eigenvalue weighted by molar-refractivity contribution is 6.32. The van der Waals surface area contributed by atoms with Crippen LogP contribution in [0.2, 0.25) is 5.15 Å². The molecular weight excluding hydrogens is 236 g/mol. The molecule has 0 amide bonds. The summed E-state index contributed by atoms with van der Waals surface area (Å²) >= 11 is 5.85. The molecule has 6 heteroatoms. The summed E-state index contributed by atoms with van der Waals surface area (Å²) < 4.78 is 27.3. The van der Waals surface area contributed by atoms with Gasteiger partial charge in [0, 0.05) is 12.6 Å². The predicted octanol–water partition coefficient (Wildman–Crippen LogP) is 2.60. The topological polar surface area (TPSA) is 43.8 Å². The number of hydrogen-bond acceptors (Lipinski definition) is 2. The number of nitrogens with zero attached hydrogens (tertiary/aromatic N) is 2. The van der Waals surface area contributed by atoms with Gasteiger partial charge >= 0.3 is 0 Å². The van der Waals surface area contributed by atoms with Crippen molar-refractivity contribution in [2.45, 2.75) is 0 Å². The molecule has 0 atom stereocenters. The number of nitrogen functional groups attached to an aromatic ring is 1. The van der Waals surface area contributed by atoms with Crippen LogP contribution in [0.4, 0.5) is 14.7 Å². The first-order valence-electron chi connectivity index (χ1n) is 4.44. The number of benzene rings is 1. The van der Waals surface area contributed by atoms with E-state index in [2.05, 4.69) is 4.98 Å². The van der Waals surface area contributed by atoms with E-state index in [4.69, 9.17) is 17.3 Å². The summed E-state index contributed by atoms with van der Waals surface area (Å²) in [5, 5.41) is 0.158. The zero-order valence-corrected chi connectivity index (χ0v) is 9.09. The van der Waals surface area contributed by atoms with E-state index in [-0.39, 0.29) is 11.1 Å². The highest BCUT2D eigenvalue weighted by Crippen LogP contribution is 2.29. The molecule has 0 bridgehead atoms. The van der Waals surface area contributed by atoms with Crippen LogP contribution in [0, 0.1) is 11.6 Å². The van der Waals surface area contributed by atoms with E-state index in [0.717, 1.165) is 12.1 Å². The normalized spacial score (nSPS) is 10.8. The maximum Gasteiger partial charge on any atom is 0.201 e. The summed E-state index contributed by atoms with van der Waals surface area (Å²) in [5.41, 5.74) is 6.43. The van der Waals surface area contributed by atoms with Crippen LogP contribution < -0.4 is 5.73 Å². The fourth-order valence-corrected chi connectivity index (χ4v) is 1.76. The maximum absolute atomic E-state index is 13.1. The van der Waals surface area contributed by atoms with E-state index >= 15 is 0 Å². The van der Waals surface area contributed by atoms with Crippen molar-refractivity contribution >= 4 is 17.5 Å². The molecule has 2 aromatic rings. The predicted molar refractivity (Wildman–Crippen MR) is 58.0 cm³/mol. The molecule has 1 heterocycles. The van der Waals surface area contributed by atoms with E-state index in [1.165, 1.54) is 10.6 Å². The van der Waals surface area contributed by atoms with Crippen LogP contribution in [0.15, 0.2) is 18.2 Å². The van der Waals surface area contributed by atoms with Gasteiger partial charge in [-0.15, -0.1) is 0 Å². The van der Waals surface area contributed by atoms with Gasteiger partial charge in [0.1, 0.15) is 0 Å². The smallest absolute Gasteiger partial charge is 0.201 e. The number of nitrogens with two attached hydrogens (primary N) is 1. The summed E-state index contributed by atoms with van der Waals surface area (Å²) in [4.78, 5) is 3.83. The third-order valence-electron chi connectivity index (χ3n) is 2.28. The van der Waals surface area contributed by atoms with Crippen LogP contribution in [0.25, 0.3) is 11.3 Å². The molecule has 84 valence electrons. The average Bonchev–Trinajstić information content (AvgIpc) is 2.47. The Bertz CT molecular complexity index is 551. The second-order valence-corrected chi connectivity index (χ2v) is 3.66. The van der Waals surface area contributed by atoms with Crippen molar-refractivity contribution in [2.24, 2.45) is 7.05 Å². The molecule has 2 N–H and O–H groups in total. The van der Waals surface area contributed by atoms with Crippen molar-refractivity contribution in [3.8, 4) is 11.3 Å². The SMILES string of the molecule is Cn1c(N)nc(Cl)c1-c1ccc(F)c(F)c1. The van der Waals surface area contributed by atoms with E-state index in [0.29, 0.717) is 11.3 Å². The van der Waals surface area contributed by atoms with Crippen molar-refractivity contribution in [2.75, 3.05) is 5.73 Å². The van der Waals surface area contributed by atoms with Gasteiger partial charge in [-0.05, 0) is 18.2 Å². The maximum atomic E-state index is 13.1. The Kier molecular flexibility index (Phi) is 2.55. The van der Waals surface area contributed by atoms with Gasteiger partial charge in [-0.2, -0.15) is 0 Å². The van der Waals surface area contributed by atoms with Gasteiger partial charge in [0.05, 0.1) is 5.69 Å². The molecule has 0 aliphatic carbocycles. The minimum atomic E-state index is -0.937. The Morgan fingerprint density at radius 1 is 1.31 bits per heavy atom. The third kappa shape index (κ3) is 1.63. The molecule has 0 unspecified atom stereocenters.